The van der Waals surface area contributed by atoms with E-state index in [0.717, 1.165) is 24.8 Å². The summed E-state index contributed by atoms with van der Waals surface area (Å²) < 4.78 is 5.85. The van der Waals surface area contributed by atoms with Gasteiger partial charge in [-0.3, -0.25) is 0 Å². The Morgan fingerprint density at radius 1 is 1.24 bits per heavy atom. The molecule has 0 saturated heterocycles. The first-order valence-electron chi connectivity index (χ1n) is 6.02. The average Bonchev–Trinajstić information content (AvgIpc) is 2.72. The SMILES string of the molecule is NC1CCC2OC(c3ccc(O)cc3)=NC2C1. The highest BCUT2D eigenvalue weighted by Gasteiger charge is 2.36. The lowest BCUT2D eigenvalue weighted by Crippen LogP contribution is -2.37. The van der Waals surface area contributed by atoms with Crippen LogP contribution in [0.2, 0.25) is 0 Å². The van der Waals surface area contributed by atoms with Crippen molar-refractivity contribution in [3.8, 4) is 5.75 Å². The molecule has 1 aromatic rings. The van der Waals surface area contributed by atoms with Crippen LogP contribution < -0.4 is 5.73 Å². The van der Waals surface area contributed by atoms with Crippen LogP contribution in [0.1, 0.15) is 24.8 Å². The zero-order chi connectivity index (χ0) is 11.8. The molecule has 0 bridgehead atoms. The van der Waals surface area contributed by atoms with E-state index in [2.05, 4.69) is 4.99 Å². The van der Waals surface area contributed by atoms with Crippen molar-refractivity contribution in [1.29, 1.82) is 0 Å². The number of hydrogen-bond acceptors (Lipinski definition) is 4. The molecule has 0 spiro atoms. The predicted molar refractivity (Wildman–Crippen MR) is 65.1 cm³/mol. The lowest BCUT2D eigenvalue weighted by Gasteiger charge is -2.26. The van der Waals surface area contributed by atoms with E-state index in [-0.39, 0.29) is 23.9 Å². The molecule has 1 aromatic carbocycles. The highest BCUT2D eigenvalue weighted by molar-refractivity contribution is 5.95. The van der Waals surface area contributed by atoms with Crippen LogP contribution in [0.5, 0.6) is 5.75 Å². The number of rotatable bonds is 1. The third kappa shape index (κ3) is 2.00. The number of nitrogens with two attached hydrogens (primary N) is 1. The van der Waals surface area contributed by atoms with Crippen molar-refractivity contribution < 1.29 is 9.84 Å². The minimum Gasteiger partial charge on any atom is -0.508 e. The number of benzene rings is 1. The first-order valence-corrected chi connectivity index (χ1v) is 6.02. The number of aromatic hydroxyl groups is 1. The number of phenols is 1. The lowest BCUT2D eigenvalue weighted by atomic mass is 9.90. The Balaban J connectivity index is 1.81. The molecular weight excluding hydrogens is 216 g/mol. The van der Waals surface area contributed by atoms with Crippen molar-refractivity contribution in [1.82, 2.24) is 0 Å². The van der Waals surface area contributed by atoms with E-state index in [1.165, 1.54) is 0 Å². The minimum atomic E-state index is 0.193. The molecule has 3 unspecified atom stereocenters. The predicted octanol–water partition coefficient (Wildman–Crippen LogP) is 1.42. The minimum absolute atomic E-state index is 0.193. The van der Waals surface area contributed by atoms with Gasteiger partial charge in [0.05, 0.1) is 6.04 Å². The van der Waals surface area contributed by atoms with E-state index in [0.29, 0.717) is 5.90 Å². The Hall–Kier alpha value is -1.55. The molecule has 3 atom stereocenters. The van der Waals surface area contributed by atoms with Crippen LogP contribution in [0, 0.1) is 0 Å². The highest BCUT2D eigenvalue weighted by Crippen LogP contribution is 2.29. The Morgan fingerprint density at radius 2 is 2.00 bits per heavy atom. The number of fused-ring (bicyclic) bond motifs is 1. The van der Waals surface area contributed by atoms with Gasteiger partial charge in [0.15, 0.2) is 0 Å². The second-order valence-electron chi connectivity index (χ2n) is 4.78. The number of aliphatic imine (C=N–C) groups is 1. The summed E-state index contributed by atoms with van der Waals surface area (Å²) >= 11 is 0. The second kappa shape index (κ2) is 4.04. The fourth-order valence-corrected chi connectivity index (χ4v) is 2.49. The Kier molecular flexibility index (Phi) is 2.52. The molecule has 17 heavy (non-hydrogen) atoms. The normalized spacial score (nSPS) is 31.6. The molecule has 4 nitrogen and oxygen atoms in total. The fraction of sp³-hybridized carbons (Fsp3) is 0.462. The van der Waals surface area contributed by atoms with E-state index >= 15 is 0 Å². The summed E-state index contributed by atoms with van der Waals surface area (Å²) in [5.74, 6) is 0.945. The summed E-state index contributed by atoms with van der Waals surface area (Å²) in [6.45, 7) is 0. The molecule has 3 N–H and O–H groups in total. The van der Waals surface area contributed by atoms with E-state index in [1.54, 1.807) is 12.1 Å². The van der Waals surface area contributed by atoms with Gasteiger partial charge in [-0.05, 0) is 43.5 Å². The van der Waals surface area contributed by atoms with Crippen molar-refractivity contribution in [2.24, 2.45) is 10.7 Å². The van der Waals surface area contributed by atoms with Gasteiger partial charge < -0.3 is 15.6 Å². The molecular formula is C13H16N2O2. The van der Waals surface area contributed by atoms with Crippen LogP contribution in [0.4, 0.5) is 0 Å². The van der Waals surface area contributed by atoms with E-state index < -0.39 is 0 Å². The molecule has 1 heterocycles. The van der Waals surface area contributed by atoms with Gasteiger partial charge in [-0.1, -0.05) is 0 Å². The third-order valence-electron chi connectivity index (χ3n) is 3.46. The maximum absolute atomic E-state index is 9.24. The zero-order valence-corrected chi connectivity index (χ0v) is 9.54. The molecule has 1 aliphatic carbocycles. The lowest BCUT2D eigenvalue weighted by molar-refractivity contribution is 0.145. The summed E-state index contributed by atoms with van der Waals surface area (Å²) in [6.07, 6.45) is 3.10. The topological polar surface area (TPSA) is 67.8 Å². The van der Waals surface area contributed by atoms with Gasteiger partial charge in [0.2, 0.25) is 5.90 Å². The Labute approximate surface area is 100 Å². The maximum Gasteiger partial charge on any atom is 0.216 e. The van der Waals surface area contributed by atoms with Gasteiger partial charge in [-0.2, -0.15) is 0 Å². The van der Waals surface area contributed by atoms with Crippen LogP contribution in [0.3, 0.4) is 0 Å². The molecule has 4 heteroatoms. The number of hydrogen-bond donors (Lipinski definition) is 2. The fourth-order valence-electron chi connectivity index (χ4n) is 2.49. The molecule has 3 rings (SSSR count). The van der Waals surface area contributed by atoms with Crippen LogP contribution in [-0.4, -0.2) is 29.2 Å². The summed E-state index contributed by atoms with van der Waals surface area (Å²) in [7, 11) is 0. The Morgan fingerprint density at radius 3 is 2.76 bits per heavy atom. The van der Waals surface area contributed by atoms with Gasteiger partial charge in [0, 0.05) is 11.6 Å². The first kappa shape index (κ1) is 10.6. The van der Waals surface area contributed by atoms with Gasteiger partial charge in [-0.25, -0.2) is 4.99 Å². The summed E-state index contributed by atoms with van der Waals surface area (Å²) in [4.78, 5) is 4.59. The zero-order valence-electron chi connectivity index (χ0n) is 9.54. The summed E-state index contributed by atoms with van der Waals surface area (Å²) in [5, 5.41) is 9.24. The van der Waals surface area contributed by atoms with Gasteiger partial charge in [-0.15, -0.1) is 0 Å². The van der Waals surface area contributed by atoms with E-state index in [1.807, 2.05) is 12.1 Å². The van der Waals surface area contributed by atoms with Crippen molar-refractivity contribution >= 4 is 5.90 Å². The molecule has 90 valence electrons. The quantitative estimate of drug-likeness (QED) is 0.769. The van der Waals surface area contributed by atoms with Crippen molar-refractivity contribution in [3.63, 3.8) is 0 Å². The molecule has 0 amide bonds. The van der Waals surface area contributed by atoms with Crippen LogP contribution in [0.25, 0.3) is 0 Å². The van der Waals surface area contributed by atoms with Gasteiger partial charge in [0.1, 0.15) is 11.9 Å². The van der Waals surface area contributed by atoms with Crippen LogP contribution >= 0.6 is 0 Å². The smallest absolute Gasteiger partial charge is 0.216 e. The van der Waals surface area contributed by atoms with Gasteiger partial charge >= 0.3 is 0 Å². The molecule has 1 saturated carbocycles. The second-order valence-corrected chi connectivity index (χ2v) is 4.78. The molecule has 1 aliphatic heterocycles. The van der Waals surface area contributed by atoms with Crippen molar-refractivity contribution in [3.05, 3.63) is 29.8 Å². The van der Waals surface area contributed by atoms with E-state index in [9.17, 15) is 5.11 Å². The summed E-state index contributed by atoms with van der Waals surface area (Å²) in [5.41, 5.74) is 6.86. The monoisotopic (exact) mass is 232 g/mol. The summed E-state index contributed by atoms with van der Waals surface area (Å²) in [6, 6.07) is 7.41. The molecule has 0 radical (unpaired) electrons. The van der Waals surface area contributed by atoms with Crippen molar-refractivity contribution in [2.75, 3.05) is 0 Å². The third-order valence-corrected chi connectivity index (χ3v) is 3.46. The Bertz CT molecular complexity index is 441. The van der Waals surface area contributed by atoms with Crippen molar-refractivity contribution in [2.45, 2.75) is 37.5 Å². The number of nitrogens with zero attached hydrogens (tertiary/aromatic N) is 1. The van der Waals surface area contributed by atoms with E-state index in [4.69, 9.17) is 10.5 Å². The molecule has 0 aromatic heterocycles. The average molecular weight is 232 g/mol. The maximum atomic E-state index is 9.24. The number of phenolic OH excluding ortho intramolecular Hbond substituents is 1. The molecule has 2 aliphatic rings. The highest BCUT2D eigenvalue weighted by atomic mass is 16.5. The van der Waals surface area contributed by atoms with Gasteiger partial charge in [0.25, 0.3) is 0 Å². The standard InChI is InChI=1S/C13H16N2O2/c14-9-3-6-12-11(7-9)15-13(17-12)8-1-4-10(16)5-2-8/h1-2,4-5,9,11-12,16H,3,6-7,14H2. The van der Waals surface area contributed by atoms with Crippen LogP contribution in [-0.2, 0) is 4.74 Å². The first-order chi connectivity index (χ1) is 8.22. The number of ether oxygens (including phenoxy) is 1. The largest absolute Gasteiger partial charge is 0.508 e. The van der Waals surface area contributed by atoms with Crippen LogP contribution in [0.15, 0.2) is 29.3 Å². The molecule has 1 fully saturated rings.